The van der Waals surface area contributed by atoms with E-state index in [4.69, 9.17) is 5.73 Å². The maximum absolute atomic E-state index is 5.96. The van der Waals surface area contributed by atoms with Crippen molar-refractivity contribution in [2.45, 2.75) is 19.8 Å². The van der Waals surface area contributed by atoms with Crippen LogP contribution in [0.4, 0.5) is 11.5 Å². The second-order valence-electron chi connectivity index (χ2n) is 4.05. The summed E-state index contributed by atoms with van der Waals surface area (Å²) in [5, 5.41) is 0. The van der Waals surface area contributed by atoms with Crippen LogP contribution < -0.4 is 10.6 Å². The highest BCUT2D eigenvalue weighted by atomic mass is 79.9. The van der Waals surface area contributed by atoms with E-state index in [0.717, 1.165) is 35.0 Å². The molecule has 2 N–H and O–H groups in total. The van der Waals surface area contributed by atoms with Crippen molar-refractivity contribution in [2.75, 3.05) is 23.7 Å². The molecule has 0 saturated heterocycles. The molecule has 82 valence electrons. The molecule has 0 spiro atoms. The number of halogens is 1. The lowest BCUT2D eigenvalue weighted by Gasteiger charge is -2.23. The average molecular weight is 270 g/mol. The van der Waals surface area contributed by atoms with Gasteiger partial charge in [0.05, 0.1) is 5.69 Å². The van der Waals surface area contributed by atoms with E-state index < -0.39 is 0 Å². The van der Waals surface area contributed by atoms with Crippen LogP contribution in [-0.4, -0.2) is 18.1 Å². The predicted molar refractivity (Wildman–Crippen MR) is 67.0 cm³/mol. The highest BCUT2D eigenvalue weighted by molar-refractivity contribution is 9.10. The molecule has 1 aliphatic carbocycles. The maximum Gasteiger partial charge on any atom is 0.151 e. The SMILES string of the molecule is CCN(CC1CC1)c1ncc(Br)cc1N. The number of hydrogen-bond acceptors (Lipinski definition) is 3. The fourth-order valence-corrected chi connectivity index (χ4v) is 2.04. The minimum Gasteiger partial charge on any atom is -0.396 e. The van der Waals surface area contributed by atoms with Crippen LogP contribution in [0.5, 0.6) is 0 Å². The third-order valence-corrected chi connectivity index (χ3v) is 3.15. The number of pyridine rings is 1. The number of nitrogens with zero attached hydrogens (tertiary/aromatic N) is 2. The zero-order valence-corrected chi connectivity index (χ0v) is 10.5. The minimum atomic E-state index is 0.756. The van der Waals surface area contributed by atoms with Crippen LogP contribution in [0.15, 0.2) is 16.7 Å². The van der Waals surface area contributed by atoms with Gasteiger partial charge >= 0.3 is 0 Å². The van der Waals surface area contributed by atoms with E-state index in [1.165, 1.54) is 12.8 Å². The van der Waals surface area contributed by atoms with Crippen LogP contribution in [0.25, 0.3) is 0 Å². The number of anilines is 2. The third kappa shape index (κ3) is 2.62. The van der Waals surface area contributed by atoms with Gasteiger partial charge in [-0.15, -0.1) is 0 Å². The summed E-state index contributed by atoms with van der Waals surface area (Å²) in [4.78, 5) is 6.65. The molecule has 0 atom stereocenters. The Morgan fingerprint density at radius 2 is 2.33 bits per heavy atom. The maximum atomic E-state index is 5.96. The molecule has 4 heteroatoms. The second-order valence-corrected chi connectivity index (χ2v) is 4.96. The van der Waals surface area contributed by atoms with Crippen molar-refractivity contribution >= 4 is 27.4 Å². The Bertz CT molecular complexity index is 350. The van der Waals surface area contributed by atoms with Crippen LogP contribution in [0.2, 0.25) is 0 Å². The fourth-order valence-electron chi connectivity index (χ4n) is 1.69. The van der Waals surface area contributed by atoms with Gasteiger partial charge in [-0.3, -0.25) is 0 Å². The molecule has 1 aromatic heterocycles. The van der Waals surface area contributed by atoms with Gasteiger partial charge in [0.2, 0.25) is 0 Å². The molecule has 1 fully saturated rings. The van der Waals surface area contributed by atoms with Gasteiger partial charge in [-0.2, -0.15) is 0 Å². The summed E-state index contributed by atoms with van der Waals surface area (Å²) in [6, 6.07) is 1.91. The molecule has 0 bridgehead atoms. The molecule has 0 amide bonds. The summed E-state index contributed by atoms with van der Waals surface area (Å²) in [6.45, 7) is 4.20. The van der Waals surface area contributed by atoms with Crippen LogP contribution in [0.3, 0.4) is 0 Å². The smallest absolute Gasteiger partial charge is 0.151 e. The Morgan fingerprint density at radius 1 is 1.60 bits per heavy atom. The van der Waals surface area contributed by atoms with Crippen LogP contribution in [-0.2, 0) is 0 Å². The summed E-state index contributed by atoms with van der Waals surface area (Å²) >= 11 is 3.37. The van der Waals surface area contributed by atoms with Gasteiger partial charge in [-0.25, -0.2) is 4.98 Å². The van der Waals surface area contributed by atoms with Crippen molar-refractivity contribution in [3.05, 3.63) is 16.7 Å². The van der Waals surface area contributed by atoms with Gasteiger partial charge in [-0.05, 0) is 47.7 Å². The Kier molecular flexibility index (Phi) is 3.14. The zero-order valence-electron chi connectivity index (χ0n) is 8.91. The first-order valence-electron chi connectivity index (χ1n) is 5.36. The van der Waals surface area contributed by atoms with Crippen molar-refractivity contribution in [2.24, 2.45) is 5.92 Å². The van der Waals surface area contributed by atoms with Gasteiger partial charge in [0, 0.05) is 23.8 Å². The molecule has 0 unspecified atom stereocenters. The lowest BCUT2D eigenvalue weighted by Crippen LogP contribution is -2.27. The van der Waals surface area contributed by atoms with E-state index in [1.54, 1.807) is 6.20 Å². The molecule has 1 heterocycles. The summed E-state index contributed by atoms with van der Waals surface area (Å²) in [5.41, 5.74) is 6.72. The van der Waals surface area contributed by atoms with Crippen LogP contribution >= 0.6 is 15.9 Å². The monoisotopic (exact) mass is 269 g/mol. The first kappa shape index (κ1) is 10.7. The van der Waals surface area contributed by atoms with E-state index in [2.05, 4.69) is 32.7 Å². The standard InChI is InChI=1S/C11H16BrN3/c1-2-15(7-8-3-4-8)11-10(13)5-9(12)6-14-11/h5-6,8H,2-4,7,13H2,1H3. The van der Waals surface area contributed by atoms with Crippen LogP contribution in [0, 0.1) is 5.92 Å². The molecule has 1 saturated carbocycles. The number of aromatic nitrogens is 1. The van der Waals surface area contributed by atoms with E-state index in [0.29, 0.717) is 0 Å². The molecule has 15 heavy (non-hydrogen) atoms. The summed E-state index contributed by atoms with van der Waals surface area (Å²) in [7, 11) is 0. The lowest BCUT2D eigenvalue weighted by atomic mass is 10.3. The van der Waals surface area contributed by atoms with Crippen molar-refractivity contribution in [1.82, 2.24) is 4.98 Å². The number of nitrogens with two attached hydrogens (primary N) is 1. The quantitative estimate of drug-likeness (QED) is 0.914. The molecule has 1 aliphatic rings. The summed E-state index contributed by atoms with van der Waals surface area (Å²) in [5.74, 6) is 1.78. The fraction of sp³-hybridized carbons (Fsp3) is 0.545. The second kappa shape index (κ2) is 4.39. The first-order chi connectivity index (χ1) is 7.20. The number of rotatable bonds is 4. The van der Waals surface area contributed by atoms with E-state index >= 15 is 0 Å². The minimum absolute atomic E-state index is 0.756. The Morgan fingerprint density at radius 3 is 2.87 bits per heavy atom. The largest absolute Gasteiger partial charge is 0.396 e. The molecular weight excluding hydrogens is 254 g/mol. The van der Waals surface area contributed by atoms with Gasteiger partial charge in [-0.1, -0.05) is 0 Å². The van der Waals surface area contributed by atoms with Gasteiger partial charge in [0.25, 0.3) is 0 Å². The molecule has 2 rings (SSSR count). The lowest BCUT2D eigenvalue weighted by molar-refractivity contribution is 0.733. The van der Waals surface area contributed by atoms with Crippen molar-refractivity contribution in [1.29, 1.82) is 0 Å². The van der Waals surface area contributed by atoms with Gasteiger partial charge < -0.3 is 10.6 Å². The van der Waals surface area contributed by atoms with Gasteiger partial charge in [0.1, 0.15) is 0 Å². The Balaban J connectivity index is 2.16. The first-order valence-corrected chi connectivity index (χ1v) is 6.16. The van der Waals surface area contributed by atoms with E-state index in [1.807, 2.05) is 6.07 Å². The normalized spacial score (nSPS) is 15.3. The molecular formula is C11H16BrN3. The Hall–Kier alpha value is -0.770. The van der Waals surface area contributed by atoms with Crippen LogP contribution in [0.1, 0.15) is 19.8 Å². The van der Waals surface area contributed by atoms with E-state index in [-0.39, 0.29) is 0 Å². The topological polar surface area (TPSA) is 42.2 Å². The molecule has 0 aromatic carbocycles. The average Bonchev–Trinajstić information content (AvgIpc) is 2.99. The highest BCUT2D eigenvalue weighted by Crippen LogP contribution is 2.32. The molecule has 1 aromatic rings. The predicted octanol–water partition coefficient (Wildman–Crippen LogP) is 2.66. The van der Waals surface area contributed by atoms with E-state index in [9.17, 15) is 0 Å². The van der Waals surface area contributed by atoms with Gasteiger partial charge in [0.15, 0.2) is 5.82 Å². The number of hydrogen-bond donors (Lipinski definition) is 1. The number of nitrogen functional groups attached to an aromatic ring is 1. The van der Waals surface area contributed by atoms with Crippen molar-refractivity contribution in [3.8, 4) is 0 Å². The highest BCUT2D eigenvalue weighted by Gasteiger charge is 2.24. The summed E-state index contributed by atoms with van der Waals surface area (Å²) < 4.78 is 0.936. The van der Waals surface area contributed by atoms with Crippen molar-refractivity contribution < 1.29 is 0 Å². The molecule has 0 aliphatic heterocycles. The zero-order chi connectivity index (χ0) is 10.8. The molecule has 0 radical (unpaired) electrons. The van der Waals surface area contributed by atoms with Crippen molar-refractivity contribution in [3.63, 3.8) is 0 Å². The Labute approximate surface area is 98.8 Å². The summed E-state index contributed by atoms with van der Waals surface area (Å²) in [6.07, 6.45) is 4.51. The third-order valence-electron chi connectivity index (χ3n) is 2.72. The molecule has 3 nitrogen and oxygen atoms in total.